The van der Waals surface area contributed by atoms with Gasteiger partial charge in [0.25, 0.3) is 0 Å². The molecule has 0 aliphatic heterocycles. The smallest absolute Gasteiger partial charge is 0.269 e. The molecule has 0 spiro atoms. The zero-order valence-corrected chi connectivity index (χ0v) is 16.2. The Morgan fingerprint density at radius 2 is 1.81 bits per heavy atom. The minimum atomic E-state index is -4.49. The maximum Gasteiger partial charge on any atom is 0.435 e. The van der Waals surface area contributed by atoms with Gasteiger partial charge in [-0.15, -0.1) is 0 Å². The van der Waals surface area contributed by atoms with Crippen LogP contribution in [0.4, 0.5) is 13.2 Å². The highest BCUT2D eigenvalue weighted by Crippen LogP contribution is 2.28. The van der Waals surface area contributed by atoms with E-state index >= 15 is 0 Å². The molecule has 2 rings (SSSR count). The van der Waals surface area contributed by atoms with Crippen LogP contribution in [0, 0.1) is 6.92 Å². The molecule has 1 heterocycles. The fraction of sp³-hybridized carbons (Fsp3) is 0.500. The lowest BCUT2D eigenvalue weighted by Crippen LogP contribution is -2.25. The fourth-order valence-electron chi connectivity index (χ4n) is 2.61. The Bertz CT molecular complexity index is 844. The Morgan fingerprint density at radius 3 is 2.37 bits per heavy atom. The highest BCUT2D eigenvalue weighted by molar-refractivity contribution is 7.89. The van der Waals surface area contributed by atoms with Gasteiger partial charge < -0.3 is 0 Å². The summed E-state index contributed by atoms with van der Waals surface area (Å²) in [5, 5.41) is 3.52. The Kier molecular flexibility index (Phi) is 7.05. The van der Waals surface area contributed by atoms with E-state index in [1.54, 1.807) is 24.3 Å². The quantitative estimate of drug-likeness (QED) is 0.646. The summed E-state index contributed by atoms with van der Waals surface area (Å²) in [6, 6.07) is 7.72. The summed E-state index contributed by atoms with van der Waals surface area (Å²) < 4.78 is 66.2. The van der Waals surface area contributed by atoms with Crippen molar-refractivity contribution in [3.8, 4) is 0 Å². The fourth-order valence-corrected chi connectivity index (χ4v) is 3.68. The Morgan fingerprint density at radius 1 is 1.15 bits per heavy atom. The zero-order valence-electron chi connectivity index (χ0n) is 15.4. The van der Waals surface area contributed by atoms with Crippen molar-refractivity contribution in [3.63, 3.8) is 0 Å². The molecule has 1 N–H and O–H groups in total. The molecule has 0 radical (unpaired) electrons. The van der Waals surface area contributed by atoms with E-state index in [4.69, 9.17) is 0 Å². The highest BCUT2D eigenvalue weighted by Gasteiger charge is 2.34. The van der Waals surface area contributed by atoms with Gasteiger partial charge in [-0.05, 0) is 49.9 Å². The molecule has 1 aromatic carbocycles. The monoisotopic (exact) mass is 403 g/mol. The van der Waals surface area contributed by atoms with Gasteiger partial charge in [0.2, 0.25) is 10.0 Å². The number of rotatable bonds is 9. The van der Waals surface area contributed by atoms with Crippen molar-refractivity contribution < 1.29 is 21.6 Å². The molecule has 0 aliphatic carbocycles. The predicted octanol–water partition coefficient (Wildman–Crippen LogP) is 3.92. The van der Waals surface area contributed by atoms with E-state index in [-0.39, 0.29) is 18.0 Å². The van der Waals surface area contributed by atoms with E-state index < -0.39 is 21.9 Å². The topological polar surface area (TPSA) is 64.0 Å². The Labute approximate surface area is 157 Å². The first kappa shape index (κ1) is 21.4. The molecule has 1 aromatic heterocycles. The van der Waals surface area contributed by atoms with Crippen molar-refractivity contribution in [2.24, 2.45) is 0 Å². The number of alkyl halides is 3. The number of aromatic nitrogens is 2. The molecular weight excluding hydrogens is 379 g/mol. The third kappa shape index (κ3) is 6.07. The van der Waals surface area contributed by atoms with Gasteiger partial charge in [-0.3, -0.25) is 4.68 Å². The average Bonchev–Trinajstić information content (AvgIpc) is 2.98. The third-order valence-corrected chi connectivity index (χ3v) is 5.64. The van der Waals surface area contributed by atoms with Crippen molar-refractivity contribution in [1.82, 2.24) is 14.5 Å². The van der Waals surface area contributed by atoms with Gasteiger partial charge in [-0.2, -0.15) is 18.3 Å². The number of aryl methyl sites for hydroxylation is 3. The number of nitrogens with one attached hydrogen (secondary N) is 1. The number of hydrogen-bond acceptors (Lipinski definition) is 3. The molecule has 5 nitrogen and oxygen atoms in total. The number of nitrogens with zero attached hydrogens (tertiary/aromatic N) is 2. The van der Waals surface area contributed by atoms with E-state index in [0.717, 1.165) is 30.9 Å². The van der Waals surface area contributed by atoms with E-state index in [1.165, 1.54) is 11.6 Å². The van der Waals surface area contributed by atoms with Crippen molar-refractivity contribution in [3.05, 3.63) is 47.3 Å². The van der Waals surface area contributed by atoms with Crippen molar-refractivity contribution >= 4 is 10.0 Å². The molecular formula is C18H24F3N3O2S. The second-order valence-corrected chi connectivity index (χ2v) is 8.16. The van der Waals surface area contributed by atoms with Crippen LogP contribution in [0.1, 0.15) is 43.1 Å². The van der Waals surface area contributed by atoms with Crippen molar-refractivity contribution in [1.29, 1.82) is 0 Å². The van der Waals surface area contributed by atoms with Crippen LogP contribution in [0.2, 0.25) is 0 Å². The van der Waals surface area contributed by atoms with Crippen LogP contribution in [0.15, 0.2) is 35.2 Å². The van der Waals surface area contributed by atoms with Crippen molar-refractivity contribution in [2.45, 2.75) is 57.1 Å². The Hall–Kier alpha value is -1.87. The van der Waals surface area contributed by atoms with E-state index in [2.05, 4.69) is 16.7 Å². The van der Waals surface area contributed by atoms with Crippen LogP contribution >= 0.6 is 0 Å². The molecule has 0 saturated heterocycles. The molecule has 0 unspecified atom stereocenters. The minimum Gasteiger partial charge on any atom is -0.269 e. The lowest BCUT2D eigenvalue weighted by atomic mass is 10.1. The first-order chi connectivity index (χ1) is 12.6. The van der Waals surface area contributed by atoms with Crippen LogP contribution in [0.5, 0.6) is 0 Å². The summed E-state index contributed by atoms with van der Waals surface area (Å²) in [4.78, 5) is 0.178. The summed E-state index contributed by atoms with van der Waals surface area (Å²) in [6.45, 7) is 3.94. The van der Waals surface area contributed by atoms with Gasteiger partial charge >= 0.3 is 6.18 Å². The molecule has 0 fully saturated rings. The van der Waals surface area contributed by atoms with Crippen LogP contribution in [-0.2, 0) is 29.2 Å². The number of sulfonamides is 1. The lowest BCUT2D eigenvalue weighted by Gasteiger charge is -2.09. The van der Waals surface area contributed by atoms with E-state index in [0.29, 0.717) is 12.1 Å². The molecule has 0 atom stereocenters. The van der Waals surface area contributed by atoms with E-state index in [1.807, 2.05) is 0 Å². The zero-order chi connectivity index (χ0) is 20.1. The van der Waals surface area contributed by atoms with Crippen LogP contribution < -0.4 is 4.72 Å². The van der Waals surface area contributed by atoms with Crippen LogP contribution in [-0.4, -0.2) is 24.7 Å². The molecule has 150 valence electrons. The summed E-state index contributed by atoms with van der Waals surface area (Å²) in [5.41, 5.74) is 0.530. The molecule has 0 amide bonds. The summed E-state index contributed by atoms with van der Waals surface area (Å²) in [5.74, 6) is 0. The predicted molar refractivity (Wildman–Crippen MR) is 96.8 cm³/mol. The minimum absolute atomic E-state index is 0.112. The summed E-state index contributed by atoms with van der Waals surface area (Å²) in [6.07, 6.45) is -1.13. The molecule has 0 aliphatic rings. The number of benzene rings is 1. The van der Waals surface area contributed by atoms with Gasteiger partial charge in [0, 0.05) is 18.8 Å². The number of hydrogen-bond donors (Lipinski definition) is 1. The standard InChI is InChI=1S/C18H24F3N3O2S/c1-3-4-6-15-7-9-16(10-8-15)27(25,26)22-11-5-12-24-14(2)13-17(23-24)18(19,20)21/h7-10,13,22H,3-6,11-12H2,1-2H3. The highest BCUT2D eigenvalue weighted by atomic mass is 32.2. The van der Waals surface area contributed by atoms with Gasteiger partial charge in [0.05, 0.1) is 4.90 Å². The normalized spacial score (nSPS) is 12.5. The maximum atomic E-state index is 12.6. The van der Waals surface area contributed by atoms with Gasteiger partial charge in [-0.25, -0.2) is 13.1 Å². The van der Waals surface area contributed by atoms with Crippen LogP contribution in [0.3, 0.4) is 0 Å². The third-order valence-electron chi connectivity index (χ3n) is 4.16. The average molecular weight is 403 g/mol. The second kappa shape index (κ2) is 8.88. The van der Waals surface area contributed by atoms with Gasteiger partial charge in [-0.1, -0.05) is 25.5 Å². The second-order valence-electron chi connectivity index (χ2n) is 6.39. The molecule has 27 heavy (non-hydrogen) atoms. The first-order valence-corrected chi connectivity index (χ1v) is 10.3. The Balaban J connectivity index is 1.88. The van der Waals surface area contributed by atoms with Gasteiger partial charge in [0.1, 0.15) is 0 Å². The molecule has 0 saturated carbocycles. The summed E-state index contributed by atoms with van der Waals surface area (Å²) in [7, 11) is -3.64. The molecule has 2 aromatic rings. The van der Waals surface area contributed by atoms with Gasteiger partial charge in [0.15, 0.2) is 5.69 Å². The molecule has 0 bridgehead atoms. The SMILES string of the molecule is CCCCc1ccc(S(=O)(=O)NCCCn2nc(C(F)(F)F)cc2C)cc1. The maximum absolute atomic E-state index is 12.6. The molecule has 9 heteroatoms. The number of unbranched alkanes of at least 4 members (excludes halogenated alkanes) is 1. The van der Waals surface area contributed by atoms with E-state index in [9.17, 15) is 21.6 Å². The first-order valence-electron chi connectivity index (χ1n) is 8.83. The lowest BCUT2D eigenvalue weighted by molar-refractivity contribution is -0.141. The number of halogens is 3. The van der Waals surface area contributed by atoms with Crippen molar-refractivity contribution in [2.75, 3.05) is 6.54 Å². The largest absolute Gasteiger partial charge is 0.435 e. The van der Waals surface area contributed by atoms with Crippen LogP contribution in [0.25, 0.3) is 0 Å². The summed E-state index contributed by atoms with van der Waals surface area (Å²) >= 11 is 0.